The highest BCUT2D eigenvalue weighted by molar-refractivity contribution is 9.10. The van der Waals surface area contributed by atoms with Crippen LogP contribution in [0.1, 0.15) is 28.4 Å². The molecule has 0 aliphatic heterocycles. The van der Waals surface area contributed by atoms with E-state index in [1.54, 1.807) is 13.0 Å². The van der Waals surface area contributed by atoms with Crippen LogP contribution in [0.5, 0.6) is 0 Å². The zero-order valence-corrected chi connectivity index (χ0v) is 10.8. The van der Waals surface area contributed by atoms with E-state index in [-0.39, 0.29) is 12.4 Å². The Morgan fingerprint density at radius 3 is 2.75 bits per heavy atom. The maximum atomic E-state index is 11.3. The molecular weight excluding hydrogens is 272 g/mol. The largest absolute Gasteiger partial charge is 0.466 e. The molecular formula is C12H13BrO3. The van der Waals surface area contributed by atoms with Crippen LogP contribution in [0.3, 0.4) is 0 Å². The first kappa shape index (κ1) is 12.9. The molecule has 0 bridgehead atoms. The van der Waals surface area contributed by atoms with Gasteiger partial charge in [-0.2, -0.15) is 0 Å². The molecule has 0 aromatic heterocycles. The number of rotatable bonds is 4. The Kier molecular flexibility index (Phi) is 4.68. The van der Waals surface area contributed by atoms with Crippen LogP contribution >= 0.6 is 15.9 Å². The van der Waals surface area contributed by atoms with Crippen LogP contribution in [-0.2, 0) is 16.0 Å². The highest BCUT2D eigenvalue weighted by Crippen LogP contribution is 2.21. The summed E-state index contributed by atoms with van der Waals surface area (Å²) in [4.78, 5) is 22.2. The Morgan fingerprint density at radius 2 is 2.19 bits per heavy atom. The van der Waals surface area contributed by atoms with Crippen molar-refractivity contribution < 1.29 is 14.3 Å². The van der Waals surface area contributed by atoms with Gasteiger partial charge in [0.2, 0.25) is 0 Å². The smallest absolute Gasteiger partial charge is 0.310 e. The van der Waals surface area contributed by atoms with Gasteiger partial charge in [0, 0.05) is 10.0 Å². The number of halogens is 1. The topological polar surface area (TPSA) is 43.4 Å². The molecule has 0 unspecified atom stereocenters. The van der Waals surface area contributed by atoms with E-state index in [1.165, 1.54) is 0 Å². The number of ether oxygens (including phenoxy) is 1. The first-order valence-electron chi connectivity index (χ1n) is 4.98. The van der Waals surface area contributed by atoms with Gasteiger partial charge in [0.05, 0.1) is 13.0 Å². The molecule has 86 valence electrons. The van der Waals surface area contributed by atoms with Gasteiger partial charge in [-0.3, -0.25) is 9.59 Å². The van der Waals surface area contributed by atoms with E-state index < -0.39 is 0 Å². The second kappa shape index (κ2) is 5.80. The number of hydrogen-bond acceptors (Lipinski definition) is 3. The van der Waals surface area contributed by atoms with Gasteiger partial charge in [0.15, 0.2) is 0 Å². The zero-order valence-electron chi connectivity index (χ0n) is 9.25. The molecule has 0 aliphatic carbocycles. The van der Waals surface area contributed by atoms with E-state index in [0.717, 1.165) is 16.3 Å². The van der Waals surface area contributed by atoms with Gasteiger partial charge in [0.25, 0.3) is 0 Å². The summed E-state index contributed by atoms with van der Waals surface area (Å²) in [5.41, 5.74) is 2.21. The summed E-state index contributed by atoms with van der Waals surface area (Å²) < 4.78 is 5.71. The number of aldehydes is 1. The van der Waals surface area contributed by atoms with Crippen molar-refractivity contribution in [1.29, 1.82) is 0 Å². The van der Waals surface area contributed by atoms with Crippen molar-refractivity contribution in [3.05, 3.63) is 33.3 Å². The Balaban J connectivity index is 2.98. The summed E-state index contributed by atoms with van der Waals surface area (Å²) in [7, 11) is 0. The van der Waals surface area contributed by atoms with Crippen molar-refractivity contribution in [2.75, 3.05) is 6.61 Å². The lowest BCUT2D eigenvalue weighted by Crippen LogP contribution is -2.09. The molecule has 0 fully saturated rings. The molecule has 0 N–H and O–H groups in total. The Labute approximate surface area is 103 Å². The quantitative estimate of drug-likeness (QED) is 0.631. The number of hydrogen-bond donors (Lipinski definition) is 0. The minimum atomic E-state index is -0.313. The number of aryl methyl sites for hydroxylation is 1. The summed E-state index contributed by atoms with van der Waals surface area (Å²) in [5.74, 6) is -0.313. The molecule has 0 aliphatic rings. The van der Waals surface area contributed by atoms with Crippen LogP contribution in [0.25, 0.3) is 0 Å². The summed E-state index contributed by atoms with van der Waals surface area (Å²) in [5, 5.41) is 0. The monoisotopic (exact) mass is 284 g/mol. The second-order valence-corrected chi connectivity index (χ2v) is 4.25. The standard InChI is InChI=1S/C12H13BrO3/c1-3-16-12(15)6-9-4-8(2)11(13)5-10(9)7-14/h4-5,7H,3,6H2,1-2H3. The zero-order chi connectivity index (χ0) is 12.1. The van der Waals surface area contributed by atoms with Crippen molar-refractivity contribution in [2.24, 2.45) is 0 Å². The molecule has 16 heavy (non-hydrogen) atoms. The Hall–Kier alpha value is -1.16. The third-order valence-electron chi connectivity index (χ3n) is 2.19. The molecule has 0 heterocycles. The normalized spacial score (nSPS) is 9.94. The lowest BCUT2D eigenvalue weighted by molar-refractivity contribution is -0.142. The van der Waals surface area contributed by atoms with Crippen molar-refractivity contribution in [2.45, 2.75) is 20.3 Å². The lowest BCUT2D eigenvalue weighted by Gasteiger charge is -2.07. The van der Waals surface area contributed by atoms with Crippen LogP contribution in [0, 0.1) is 6.92 Å². The van der Waals surface area contributed by atoms with Gasteiger partial charge >= 0.3 is 5.97 Å². The van der Waals surface area contributed by atoms with E-state index in [4.69, 9.17) is 4.74 Å². The number of carbonyl (C=O) groups is 2. The van der Waals surface area contributed by atoms with Crippen LogP contribution in [-0.4, -0.2) is 18.9 Å². The second-order valence-electron chi connectivity index (χ2n) is 3.40. The molecule has 0 saturated carbocycles. The molecule has 0 amide bonds. The molecule has 0 spiro atoms. The molecule has 0 radical (unpaired) electrons. The highest BCUT2D eigenvalue weighted by atomic mass is 79.9. The molecule has 1 rings (SSSR count). The fraction of sp³-hybridized carbons (Fsp3) is 0.333. The Bertz CT molecular complexity index is 413. The van der Waals surface area contributed by atoms with Crippen LogP contribution < -0.4 is 0 Å². The lowest BCUT2D eigenvalue weighted by atomic mass is 10.0. The molecule has 0 saturated heterocycles. The SMILES string of the molecule is CCOC(=O)Cc1cc(C)c(Br)cc1C=O. The number of carbonyl (C=O) groups excluding carboxylic acids is 2. The van der Waals surface area contributed by atoms with Gasteiger partial charge in [-0.15, -0.1) is 0 Å². The van der Waals surface area contributed by atoms with Crippen LogP contribution in [0.4, 0.5) is 0 Å². The van der Waals surface area contributed by atoms with Crippen LogP contribution in [0.15, 0.2) is 16.6 Å². The van der Waals surface area contributed by atoms with Gasteiger partial charge < -0.3 is 4.74 Å². The fourth-order valence-corrected chi connectivity index (χ4v) is 1.75. The Morgan fingerprint density at radius 1 is 1.50 bits per heavy atom. The average Bonchev–Trinajstić information content (AvgIpc) is 2.23. The van der Waals surface area contributed by atoms with Crippen LogP contribution in [0.2, 0.25) is 0 Å². The summed E-state index contributed by atoms with van der Waals surface area (Å²) in [6, 6.07) is 3.54. The van der Waals surface area contributed by atoms with E-state index in [1.807, 2.05) is 13.0 Å². The molecule has 0 atom stereocenters. The third kappa shape index (κ3) is 3.17. The predicted octanol–water partition coefficient (Wildman–Crippen LogP) is 2.68. The summed E-state index contributed by atoms with van der Waals surface area (Å²) in [6.07, 6.45) is 0.884. The van der Waals surface area contributed by atoms with Gasteiger partial charge in [-0.05, 0) is 31.0 Å². The average molecular weight is 285 g/mol. The fourth-order valence-electron chi connectivity index (χ4n) is 1.39. The molecule has 4 heteroatoms. The van der Waals surface area contributed by atoms with Crippen molar-refractivity contribution >= 4 is 28.2 Å². The predicted molar refractivity (Wildman–Crippen MR) is 64.6 cm³/mol. The highest BCUT2D eigenvalue weighted by Gasteiger charge is 2.10. The van der Waals surface area contributed by atoms with E-state index in [9.17, 15) is 9.59 Å². The first-order chi connectivity index (χ1) is 7.58. The summed E-state index contributed by atoms with van der Waals surface area (Å²) in [6.45, 7) is 4.02. The first-order valence-corrected chi connectivity index (χ1v) is 5.77. The number of benzene rings is 1. The maximum absolute atomic E-state index is 11.3. The minimum absolute atomic E-state index is 0.135. The van der Waals surface area contributed by atoms with E-state index in [2.05, 4.69) is 15.9 Å². The number of esters is 1. The van der Waals surface area contributed by atoms with Gasteiger partial charge in [0.1, 0.15) is 6.29 Å². The third-order valence-corrected chi connectivity index (χ3v) is 3.04. The summed E-state index contributed by atoms with van der Waals surface area (Å²) >= 11 is 3.34. The van der Waals surface area contributed by atoms with E-state index in [0.29, 0.717) is 17.7 Å². The van der Waals surface area contributed by atoms with Gasteiger partial charge in [-0.1, -0.05) is 22.0 Å². The molecule has 3 nitrogen and oxygen atoms in total. The molecule has 1 aromatic carbocycles. The van der Waals surface area contributed by atoms with E-state index >= 15 is 0 Å². The van der Waals surface area contributed by atoms with Gasteiger partial charge in [-0.25, -0.2) is 0 Å². The van der Waals surface area contributed by atoms with Crippen molar-refractivity contribution in [3.8, 4) is 0 Å². The van der Waals surface area contributed by atoms with Crippen molar-refractivity contribution in [3.63, 3.8) is 0 Å². The molecule has 1 aromatic rings. The minimum Gasteiger partial charge on any atom is -0.466 e. The van der Waals surface area contributed by atoms with Crippen molar-refractivity contribution in [1.82, 2.24) is 0 Å². The maximum Gasteiger partial charge on any atom is 0.310 e.